The predicted octanol–water partition coefficient (Wildman–Crippen LogP) is 2.24. The highest BCUT2D eigenvalue weighted by atomic mass is 16.5. The normalized spacial score (nSPS) is 26.8. The van der Waals surface area contributed by atoms with Gasteiger partial charge in [0.25, 0.3) is 0 Å². The van der Waals surface area contributed by atoms with E-state index in [-0.39, 0.29) is 5.41 Å². The van der Waals surface area contributed by atoms with Crippen LogP contribution in [0.2, 0.25) is 0 Å². The van der Waals surface area contributed by atoms with Crippen LogP contribution in [0.4, 0.5) is 0 Å². The summed E-state index contributed by atoms with van der Waals surface area (Å²) in [6.07, 6.45) is 3.54. The Kier molecular flexibility index (Phi) is 5.45. The fraction of sp³-hybridized carbons (Fsp3) is 0.929. The molecule has 4 nitrogen and oxygen atoms in total. The Labute approximate surface area is 112 Å². The average Bonchev–Trinajstić information content (AvgIpc) is 2.37. The standard InChI is InChI=1S/C14H29N3O/c1-6-14(7-2)11(10-12(14)18-5)16-13(15)17(8-3)9-4/h11-12H,6-10H2,1-5H3,(H2,15,16). The van der Waals surface area contributed by atoms with Gasteiger partial charge in [-0.25, -0.2) is 4.99 Å². The van der Waals surface area contributed by atoms with Crippen molar-refractivity contribution >= 4 is 5.96 Å². The van der Waals surface area contributed by atoms with Crippen molar-refractivity contribution in [3.63, 3.8) is 0 Å². The smallest absolute Gasteiger partial charge is 0.191 e. The SMILES string of the molecule is CCN(CC)C(N)=NC1CC(OC)C1(CC)CC. The van der Waals surface area contributed by atoms with E-state index in [1.807, 2.05) is 0 Å². The van der Waals surface area contributed by atoms with Crippen LogP contribution in [0.5, 0.6) is 0 Å². The van der Waals surface area contributed by atoms with Crippen LogP contribution >= 0.6 is 0 Å². The highest BCUT2D eigenvalue weighted by molar-refractivity contribution is 5.78. The first-order chi connectivity index (χ1) is 8.59. The van der Waals surface area contributed by atoms with Crippen molar-refractivity contribution < 1.29 is 4.74 Å². The molecule has 18 heavy (non-hydrogen) atoms. The van der Waals surface area contributed by atoms with E-state index in [0.717, 1.165) is 32.4 Å². The van der Waals surface area contributed by atoms with Gasteiger partial charge in [0.15, 0.2) is 5.96 Å². The number of rotatable bonds is 6. The first kappa shape index (κ1) is 15.3. The maximum atomic E-state index is 6.10. The number of hydrogen-bond donors (Lipinski definition) is 1. The zero-order valence-electron chi connectivity index (χ0n) is 12.6. The van der Waals surface area contributed by atoms with E-state index in [1.165, 1.54) is 0 Å². The number of guanidine groups is 1. The zero-order chi connectivity index (χ0) is 13.8. The summed E-state index contributed by atoms with van der Waals surface area (Å²) in [5.41, 5.74) is 6.29. The lowest BCUT2D eigenvalue weighted by Crippen LogP contribution is -2.57. The topological polar surface area (TPSA) is 50.8 Å². The van der Waals surface area contributed by atoms with Crippen LogP contribution in [-0.2, 0) is 4.74 Å². The van der Waals surface area contributed by atoms with Crippen LogP contribution in [-0.4, -0.2) is 43.2 Å². The molecule has 1 saturated carbocycles. The molecule has 1 aliphatic rings. The quantitative estimate of drug-likeness (QED) is 0.585. The Hall–Kier alpha value is -0.770. The Balaban J connectivity index is 2.82. The number of hydrogen-bond acceptors (Lipinski definition) is 2. The molecule has 0 saturated heterocycles. The monoisotopic (exact) mass is 255 g/mol. The van der Waals surface area contributed by atoms with Gasteiger partial charge in [0.1, 0.15) is 0 Å². The molecule has 2 atom stereocenters. The third-order valence-corrected chi connectivity index (χ3v) is 4.72. The third kappa shape index (κ3) is 2.48. The minimum atomic E-state index is 0.187. The molecule has 0 aromatic rings. The molecule has 1 rings (SSSR count). The molecular formula is C14H29N3O. The highest BCUT2D eigenvalue weighted by Crippen LogP contribution is 2.50. The Morgan fingerprint density at radius 2 is 1.83 bits per heavy atom. The average molecular weight is 255 g/mol. The fourth-order valence-electron chi connectivity index (χ4n) is 3.20. The summed E-state index contributed by atoms with van der Waals surface area (Å²) in [5.74, 6) is 0.686. The van der Waals surface area contributed by atoms with Gasteiger partial charge in [-0.05, 0) is 33.1 Å². The van der Waals surface area contributed by atoms with Gasteiger partial charge in [0.05, 0.1) is 12.1 Å². The van der Waals surface area contributed by atoms with Crippen LogP contribution in [0.25, 0.3) is 0 Å². The second-order valence-corrected chi connectivity index (χ2v) is 5.08. The molecule has 0 aliphatic heterocycles. The highest BCUT2D eigenvalue weighted by Gasteiger charge is 2.53. The number of nitrogens with zero attached hydrogens (tertiary/aromatic N) is 2. The summed E-state index contributed by atoms with van der Waals surface area (Å²) in [4.78, 5) is 6.87. The predicted molar refractivity (Wildman–Crippen MR) is 76.8 cm³/mol. The van der Waals surface area contributed by atoms with Crippen molar-refractivity contribution in [2.75, 3.05) is 20.2 Å². The van der Waals surface area contributed by atoms with Crippen molar-refractivity contribution in [3.05, 3.63) is 0 Å². The van der Waals surface area contributed by atoms with Crippen molar-refractivity contribution in [2.24, 2.45) is 16.1 Å². The summed E-state index contributed by atoms with van der Waals surface area (Å²) in [6, 6.07) is 0.318. The molecule has 0 spiro atoms. The minimum Gasteiger partial charge on any atom is -0.381 e. The lowest BCUT2D eigenvalue weighted by atomic mass is 9.59. The lowest BCUT2D eigenvalue weighted by Gasteiger charge is -2.53. The first-order valence-corrected chi connectivity index (χ1v) is 7.20. The van der Waals surface area contributed by atoms with Gasteiger partial charge in [-0.3, -0.25) is 0 Å². The number of ether oxygens (including phenoxy) is 1. The molecule has 106 valence electrons. The van der Waals surface area contributed by atoms with Crippen LogP contribution in [0.1, 0.15) is 47.0 Å². The van der Waals surface area contributed by atoms with E-state index in [2.05, 4.69) is 32.6 Å². The summed E-state index contributed by atoms with van der Waals surface area (Å²) in [5, 5.41) is 0. The second kappa shape index (κ2) is 6.41. The van der Waals surface area contributed by atoms with Crippen LogP contribution in [0.3, 0.4) is 0 Å². The van der Waals surface area contributed by atoms with Crippen molar-refractivity contribution in [3.8, 4) is 0 Å². The summed E-state index contributed by atoms with van der Waals surface area (Å²) >= 11 is 0. The molecule has 0 radical (unpaired) electrons. The van der Waals surface area contributed by atoms with Gasteiger partial charge >= 0.3 is 0 Å². The molecule has 0 heterocycles. The summed E-state index contributed by atoms with van der Waals surface area (Å²) in [6.45, 7) is 10.5. The van der Waals surface area contributed by atoms with E-state index in [1.54, 1.807) is 7.11 Å². The zero-order valence-corrected chi connectivity index (χ0v) is 12.6. The van der Waals surface area contributed by atoms with Crippen LogP contribution < -0.4 is 5.73 Å². The van der Waals surface area contributed by atoms with Gasteiger partial charge in [-0.2, -0.15) is 0 Å². The van der Waals surface area contributed by atoms with E-state index < -0.39 is 0 Å². The minimum absolute atomic E-state index is 0.187. The van der Waals surface area contributed by atoms with Crippen LogP contribution in [0, 0.1) is 5.41 Å². The lowest BCUT2D eigenvalue weighted by molar-refractivity contribution is -0.112. The fourth-order valence-corrected chi connectivity index (χ4v) is 3.20. The molecule has 2 N–H and O–H groups in total. The molecule has 0 aromatic heterocycles. The molecule has 4 heteroatoms. The maximum absolute atomic E-state index is 6.10. The first-order valence-electron chi connectivity index (χ1n) is 7.20. The van der Waals surface area contributed by atoms with E-state index in [4.69, 9.17) is 15.5 Å². The van der Waals surface area contributed by atoms with Crippen molar-refractivity contribution in [2.45, 2.75) is 59.1 Å². The van der Waals surface area contributed by atoms with Gasteiger partial charge < -0.3 is 15.4 Å². The summed E-state index contributed by atoms with van der Waals surface area (Å²) in [7, 11) is 1.80. The van der Waals surface area contributed by atoms with Gasteiger partial charge in [0.2, 0.25) is 0 Å². The number of methoxy groups -OCH3 is 1. The largest absolute Gasteiger partial charge is 0.381 e. The summed E-state index contributed by atoms with van der Waals surface area (Å²) < 4.78 is 5.59. The maximum Gasteiger partial charge on any atom is 0.191 e. The van der Waals surface area contributed by atoms with Gasteiger partial charge in [-0.15, -0.1) is 0 Å². The van der Waals surface area contributed by atoms with Crippen molar-refractivity contribution in [1.29, 1.82) is 0 Å². The molecule has 0 amide bonds. The number of aliphatic imine (C=N–C) groups is 1. The second-order valence-electron chi connectivity index (χ2n) is 5.08. The molecule has 0 aromatic carbocycles. The Bertz CT molecular complexity index is 283. The van der Waals surface area contributed by atoms with Gasteiger partial charge in [-0.1, -0.05) is 13.8 Å². The van der Waals surface area contributed by atoms with Crippen molar-refractivity contribution in [1.82, 2.24) is 4.90 Å². The molecular weight excluding hydrogens is 226 g/mol. The van der Waals surface area contributed by atoms with Crippen LogP contribution in [0.15, 0.2) is 4.99 Å². The molecule has 1 fully saturated rings. The van der Waals surface area contributed by atoms with E-state index in [0.29, 0.717) is 18.1 Å². The Morgan fingerprint density at radius 1 is 1.28 bits per heavy atom. The van der Waals surface area contributed by atoms with E-state index in [9.17, 15) is 0 Å². The Morgan fingerprint density at radius 3 is 2.22 bits per heavy atom. The molecule has 1 aliphatic carbocycles. The third-order valence-electron chi connectivity index (χ3n) is 4.72. The number of nitrogens with two attached hydrogens (primary N) is 1. The van der Waals surface area contributed by atoms with E-state index >= 15 is 0 Å². The molecule has 2 unspecified atom stereocenters. The van der Waals surface area contributed by atoms with Gasteiger partial charge in [0, 0.05) is 25.6 Å². The molecule has 0 bridgehead atoms.